The summed E-state index contributed by atoms with van der Waals surface area (Å²) >= 11 is 1.38. The van der Waals surface area contributed by atoms with Crippen LogP contribution in [0.25, 0.3) is 21.1 Å². The highest BCUT2D eigenvalue weighted by Crippen LogP contribution is 2.37. The molecule has 3 aromatic heterocycles. The summed E-state index contributed by atoms with van der Waals surface area (Å²) in [4.78, 5) is 34.1. The molecule has 178 valence electrons. The van der Waals surface area contributed by atoms with Crippen LogP contribution in [0.4, 0.5) is 0 Å². The van der Waals surface area contributed by atoms with Gasteiger partial charge in [-0.2, -0.15) is 0 Å². The number of pyridine rings is 1. The van der Waals surface area contributed by atoms with Gasteiger partial charge in [0.15, 0.2) is 0 Å². The smallest absolute Gasteiger partial charge is 0.263 e. The maximum Gasteiger partial charge on any atom is 0.263 e. The molecule has 0 saturated heterocycles. The Morgan fingerprint density at radius 1 is 1.15 bits per heavy atom. The van der Waals surface area contributed by atoms with Crippen LogP contribution >= 0.6 is 11.3 Å². The number of amides is 2. The van der Waals surface area contributed by atoms with Crippen molar-refractivity contribution in [1.29, 1.82) is 0 Å². The molecule has 0 atom stereocenters. The number of hydrogen-bond acceptors (Lipinski definition) is 6. The monoisotopic (exact) mass is 479 g/mol. The fourth-order valence-corrected chi connectivity index (χ4v) is 4.95. The second-order valence-corrected chi connectivity index (χ2v) is 9.60. The third kappa shape index (κ3) is 4.36. The van der Waals surface area contributed by atoms with Gasteiger partial charge >= 0.3 is 0 Å². The maximum atomic E-state index is 12.9. The van der Waals surface area contributed by atoms with E-state index in [0.717, 1.165) is 33.4 Å². The van der Waals surface area contributed by atoms with Crippen LogP contribution in [-0.4, -0.2) is 72.4 Å². The van der Waals surface area contributed by atoms with Gasteiger partial charge in [-0.3, -0.25) is 14.6 Å². The summed E-state index contributed by atoms with van der Waals surface area (Å²) in [6.45, 7) is 3.37. The third-order valence-corrected chi connectivity index (χ3v) is 7.09. The molecular weight excluding hydrogens is 450 g/mol. The lowest BCUT2D eigenvalue weighted by atomic mass is 10.1. The van der Waals surface area contributed by atoms with Crippen molar-refractivity contribution in [3.63, 3.8) is 0 Å². The van der Waals surface area contributed by atoms with Gasteiger partial charge in [0.1, 0.15) is 11.5 Å². The van der Waals surface area contributed by atoms with Gasteiger partial charge in [0.2, 0.25) is 0 Å². The lowest BCUT2D eigenvalue weighted by Crippen LogP contribution is -2.33. The SMILES string of the molecule is CNC(=O)c1c(C)n(C)c2cc(Oc3ccnc4cc(C(=O)N(C)CCN(C)C)sc34)ccc12. The zero-order valence-corrected chi connectivity index (χ0v) is 21.1. The van der Waals surface area contributed by atoms with Gasteiger partial charge in [-0.1, -0.05) is 0 Å². The molecule has 34 heavy (non-hydrogen) atoms. The van der Waals surface area contributed by atoms with Gasteiger partial charge in [0.05, 0.1) is 26.2 Å². The molecule has 0 bridgehead atoms. The van der Waals surface area contributed by atoms with E-state index in [4.69, 9.17) is 4.74 Å². The summed E-state index contributed by atoms with van der Waals surface area (Å²) < 4.78 is 9.06. The number of nitrogens with zero attached hydrogens (tertiary/aromatic N) is 4. The molecule has 2 amide bonds. The molecule has 0 unspecified atom stereocenters. The summed E-state index contributed by atoms with van der Waals surface area (Å²) in [6, 6.07) is 9.31. The zero-order chi connectivity index (χ0) is 24.6. The molecule has 0 aliphatic carbocycles. The van der Waals surface area contributed by atoms with E-state index in [1.54, 1.807) is 24.2 Å². The number of nitrogens with one attached hydrogen (secondary N) is 1. The molecule has 3 heterocycles. The van der Waals surface area contributed by atoms with Crippen LogP contribution in [0.2, 0.25) is 0 Å². The van der Waals surface area contributed by atoms with Crippen LogP contribution < -0.4 is 10.1 Å². The Morgan fingerprint density at radius 3 is 2.62 bits per heavy atom. The van der Waals surface area contributed by atoms with Crippen LogP contribution in [0.15, 0.2) is 36.5 Å². The molecule has 4 aromatic rings. The molecule has 0 fully saturated rings. The molecule has 4 rings (SSSR count). The van der Waals surface area contributed by atoms with E-state index in [0.29, 0.717) is 28.5 Å². The fraction of sp³-hybridized carbons (Fsp3) is 0.320. The van der Waals surface area contributed by atoms with E-state index >= 15 is 0 Å². The summed E-state index contributed by atoms with van der Waals surface area (Å²) in [7, 11) is 9.35. The Labute approximate surface area is 202 Å². The van der Waals surface area contributed by atoms with Crippen LogP contribution in [0, 0.1) is 6.92 Å². The number of aromatic nitrogens is 2. The molecular formula is C25H29N5O3S. The van der Waals surface area contributed by atoms with Crippen LogP contribution in [-0.2, 0) is 7.05 Å². The first-order chi connectivity index (χ1) is 16.2. The molecule has 0 saturated carbocycles. The van der Waals surface area contributed by atoms with Crippen molar-refractivity contribution in [2.45, 2.75) is 6.92 Å². The molecule has 9 heteroatoms. The van der Waals surface area contributed by atoms with Gasteiger partial charge in [-0.25, -0.2) is 0 Å². The molecule has 8 nitrogen and oxygen atoms in total. The molecule has 1 N–H and O–H groups in total. The van der Waals surface area contributed by atoms with Gasteiger partial charge in [0, 0.05) is 63.6 Å². The first-order valence-electron chi connectivity index (χ1n) is 11.0. The molecule has 1 aromatic carbocycles. The van der Waals surface area contributed by atoms with E-state index in [2.05, 4.69) is 10.3 Å². The molecule has 0 aliphatic heterocycles. The van der Waals surface area contributed by atoms with E-state index in [1.165, 1.54) is 11.3 Å². The quantitative estimate of drug-likeness (QED) is 0.435. The highest BCUT2D eigenvalue weighted by molar-refractivity contribution is 7.21. The zero-order valence-electron chi connectivity index (χ0n) is 20.3. The number of thiophene rings is 1. The number of carbonyl (C=O) groups is 2. The molecule has 0 aliphatic rings. The van der Waals surface area contributed by atoms with Crippen molar-refractivity contribution < 1.29 is 14.3 Å². The van der Waals surface area contributed by atoms with Crippen molar-refractivity contribution in [3.05, 3.63) is 52.7 Å². The van der Waals surface area contributed by atoms with E-state index in [-0.39, 0.29) is 11.8 Å². The highest BCUT2D eigenvalue weighted by Gasteiger charge is 2.20. The average molecular weight is 480 g/mol. The number of likely N-dealkylation sites (N-methyl/N-ethyl adjacent to an activating group) is 2. The van der Waals surface area contributed by atoms with Gasteiger partial charge in [0.25, 0.3) is 11.8 Å². The Morgan fingerprint density at radius 2 is 1.91 bits per heavy atom. The number of ether oxygens (including phenoxy) is 1. The predicted molar refractivity (Wildman–Crippen MR) is 136 cm³/mol. The first kappa shape index (κ1) is 23.7. The Balaban J connectivity index is 1.65. The van der Waals surface area contributed by atoms with E-state index in [1.807, 2.05) is 68.8 Å². The average Bonchev–Trinajstić information content (AvgIpc) is 3.36. The largest absolute Gasteiger partial charge is 0.456 e. The summed E-state index contributed by atoms with van der Waals surface area (Å²) in [5.74, 6) is 1.15. The molecule has 0 radical (unpaired) electrons. The van der Waals surface area contributed by atoms with Crippen molar-refractivity contribution in [3.8, 4) is 11.5 Å². The number of rotatable bonds is 7. The number of hydrogen-bond donors (Lipinski definition) is 1. The van der Waals surface area contributed by atoms with Crippen LogP contribution in [0.1, 0.15) is 25.7 Å². The van der Waals surface area contributed by atoms with Crippen molar-refractivity contribution in [2.24, 2.45) is 7.05 Å². The second-order valence-electron chi connectivity index (χ2n) is 8.54. The van der Waals surface area contributed by atoms with Crippen LogP contribution in [0.3, 0.4) is 0 Å². The van der Waals surface area contributed by atoms with Gasteiger partial charge in [-0.05, 0) is 39.2 Å². The first-order valence-corrected chi connectivity index (χ1v) is 11.8. The Bertz CT molecular complexity index is 1390. The van der Waals surface area contributed by atoms with Crippen molar-refractivity contribution in [1.82, 2.24) is 24.7 Å². The minimum Gasteiger partial charge on any atom is -0.456 e. The Kier molecular flexibility index (Phi) is 6.58. The minimum atomic E-state index is -0.112. The lowest BCUT2D eigenvalue weighted by molar-refractivity contribution is 0.0790. The van der Waals surface area contributed by atoms with Crippen molar-refractivity contribution in [2.75, 3.05) is 41.3 Å². The minimum absolute atomic E-state index is 0.0294. The molecule has 0 spiro atoms. The fourth-order valence-electron chi connectivity index (χ4n) is 3.89. The number of carbonyl (C=O) groups excluding carboxylic acids is 2. The number of aryl methyl sites for hydroxylation is 1. The Hall–Kier alpha value is -3.43. The lowest BCUT2D eigenvalue weighted by Gasteiger charge is -2.18. The summed E-state index contributed by atoms with van der Waals surface area (Å²) in [5.41, 5.74) is 3.18. The van der Waals surface area contributed by atoms with E-state index in [9.17, 15) is 9.59 Å². The van der Waals surface area contributed by atoms with E-state index < -0.39 is 0 Å². The van der Waals surface area contributed by atoms with Crippen LogP contribution in [0.5, 0.6) is 11.5 Å². The topological polar surface area (TPSA) is 79.7 Å². The maximum absolute atomic E-state index is 12.9. The van der Waals surface area contributed by atoms with Gasteiger partial charge < -0.3 is 24.4 Å². The number of benzene rings is 1. The van der Waals surface area contributed by atoms with Crippen molar-refractivity contribution >= 4 is 44.3 Å². The highest BCUT2D eigenvalue weighted by atomic mass is 32.1. The standard InChI is InChI=1S/C25H29N5O3S/c1-15-22(24(31)26-2)17-8-7-16(13-19(17)30(15)6)33-20-9-10-27-18-14-21(34-23(18)20)25(32)29(5)12-11-28(3)4/h7-10,13-14H,11-12H2,1-6H3,(H,26,31). The normalized spacial score (nSPS) is 11.4. The predicted octanol–water partition coefficient (Wildman–Crippen LogP) is 3.88. The second kappa shape index (κ2) is 9.44. The summed E-state index contributed by atoms with van der Waals surface area (Å²) in [5, 5.41) is 3.58. The third-order valence-electron chi connectivity index (χ3n) is 5.96. The summed E-state index contributed by atoms with van der Waals surface area (Å²) in [6.07, 6.45) is 1.68. The van der Waals surface area contributed by atoms with Gasteiger partial charge in [-0.15, -0.1) is 11.3 Å². The number of fused-ring (bicyclic) bond motifs is 2.